The molecule has 0 spiro atoms. The van der Waals surface area contributed by atoms with E-state index < -0.39 is 5.97 Å². The van der Waals surface area contributed by atoms with E-state index in [1.807, 2.05) is 13.8 Å². The molecule has 0 bridgehead atoms. The predicted molar refractivity (Wildman–Crippen MR) is 76.6 cm³/mol. The molecule has 0 aliphatic rings. The lowest BCUT2D eigenvalue weighted by molar-refractivity contribution is -0.138. The smallest absolute Gasteiger partial charge is 0.304 e. The van der Waals surface area contributed by atoms with Crippen LogP contribution < -0.4 is 0 Å². The Morgan fingerprint density at radius 2 is 2.00 bits per heavy atom. The van der Waals surface area contributed by atoms with Gasteiger partial charge in [-0.15, -0.1) is 11.3 Å². The Balaban J connectivity index is 2.50. The summed E-state index contributed by atoms with van der Waals surface area (Å²) in [4.78, 5) is 12.2. The van der Waals surface area contributed by atoms with Gasteiger partial charge in [-0.3, -0.25) is 4.79 Å². The van der Waals surface area contributed by atoms with Gasteiger partial charge < -0.3 is 5.11 Å². The molecule has 0 saturated heterocycles. The van der Waals surface area contributed by atoms with E-state index in [-0.39, 0.29) is 11.8 Å². The van der Waals surface area contributed by atoms with Gasteiger partial charge in [-0.1, -0.05) is 26.0 Å². The summed E-state index contributed by atoms with van der Waals surface area (Å²) in [6.45, 7) is 8.23. The largest absolute Gasteiger partial charge is 0.481 e. The molecule has 96 valence electrons. The molecule has 2 aromatic rings. The summed E-state index contributed by atoms with van der Waals surface area (Å²) in [5, 5.41) is 10.3. The van der Waals surface area contributed by atoms with Crippen molar-refractivity contribution in [2.75, 3.05) is 0 Å². The average molecular weight is 262 g/mol. The summed E-state index contributed by atoms with van der Waals surface area (Å²) < 4.78 is 1.25. The third-order valence-electron chi connectivity index (χ3n) is 3.55. The molecule has 0 atom stereocenters. The summed E-state index contributed by atoms with van der Waals surface area (Å²) >= 11 is 1.78. The first-order valence-corrected chi connectivity index (χ1v) is 6.85. The molecule has 0 saturated carbocycles. The highest BCUT2D eigenvalue weighted by molar-refractivity contribution is 7.19. The van der Waals surface area contributed by atoms with Gasteiger partial charge in [0.15, 0.2) is 0 Å². The number of fused-ring (bicyclic) bond motifs is 1. The van der Waals surface area contributed by atoms with Gasteiger partial charge in [-0.2, -0.15) is 0 Å². The number of aliphatic carboxylic acids is 1. The van der Waals surface area contributed by atoms with Crippen molar-refractivity contribution >= 4 is 27.4 Å². The van der Waals surface area contributed by atoms with Crippen LogP contribution in [0.5, 0.6) is 0 Å². The van der Waals surface area contributed by atoms with Crippen LogP contribution in [0.1, 0.15) is 36.3 Å². The van der Waals surface area contributed by atoms with Gasteiger partial charge >= 0.3 is 5.97 Å². The van der Waals surface area contributed by atoms with Crippen molar-refractivity contribution in [2.45, 2.75) is 39.5 Å². The number of hydrogen-bond donors (Lipinski definition) is 1. The van der Waals surface area contributed by atoms with Crippen molar-refractivity contribution in [3.8, 4) is 0 Å². The molecular formula is C15H18O2S. The number of hydrogen-bond acceptors (Lipinski definition) is 2. The number of benzene rings is 1. The van der Waals surface area contributed by atoms with Crippen molar-refractivity contribution in [3.05, 3.63) is 34.2 Å². The highest BCUT2D eigenvalue weighted by Crippen LogP contribution is 2.35. The van der Waals surface area contributed by atoms with Crippen LogP contribution in [0.4, 0.5) is 0 Å². The normalized spacial score (nSPS) is 12.0. The first-order chi connectivity index (χ1) is 8.31. The first kappa shape index (κ1) is 13.1. The highest BCUT2D eigenvalue weighted by atomic mass is 32.1. The van der Waals surface area contributed by atoms with Crippen LogP contribution in [0.3, 0.4) is 0 Å². The Morgan fingerprint density at radius 3 is 2.61 bits per heavy atom. The molecule has 2 nitrogen and oxygen atoms in total. The van der Waals surface area contributed by atoms with Crippen LogP contribution >= 0.6 is 11.3 Å². The van der Waals surface area contributed by atoms with Gasteiger partial charge in [0.05, 0.1) is 6.42 Å². The second kappa shape index (κ2) is 4.39. The topological polar surface area (TPSA) is 37.3 Å². The molecule has 0 unspecified atom stereocenters. The Bertz CT molecular complexity index is 608. The van der Waals surface area contributed by atoms with E-state index in [1.54, 1.807) is 11.3 Å². The van der Waals surface area contributed by atoms with Gasteiger partial charge in [-0.25, -0.2) is 0 Å². The van der Waals surface area contributed by atoms with Crippen molar-refractivity contribution in [2.24, 2.45) is 0 Å². The van der Waals surface area contributed by atoms with Crippen LogP contribution in [0.25, 0.3) is 10.1 Å². The van der Waals surface area contributed by atoms with Crippen molar-refractivity contribution in [1.29, 1.82) is 0 Å². The minimum atomic E-state index is -0.751. The summed E-state index contributed by atoms with van der Waals surface area (Å²) in [6, 6.07) is 6.32. The summed E-state index contributed by atoms with van der Waals surface area (Å²) in [5.41, 5.74) is 2.10. The molecule has 1 aromatic carbocycles. The van der Waals surface area contributed by atoms with Crippen LogP contribution in [-0.2, 0) is 10.2 Å². The van der Waals surface area contributed by atoms with E-state index in [0.29, 0.717) is 0 Å². The molecule has 0 aliphatic heterocycles. The molecule has 0 aliphatic carbocycles. The fraction of sp³-hybridized carbons (Fsp3) is 0.400. The van der Waals surface area contributed by atoms with Crippen LogP contribution in [0.2, 0.25) is 0 Å². The van der Waals surface area contributed by atoms with E-state index in [9.17, 15) is 4.79 Å². The Kier molecular flexibility index (Phi) is 3.20. The standard InChI is InChI=1S/C15H18O2S/c1-9-10(2)18-13-7-11(5-6-12(9)13)15(3,4)8-14(16)17/h5-7H,8H2,1-4H3,(H,16,17). The molecule has 0 amide bonds. The molecule has 1 heterocycles. The van der Waals surface area contributed by atoms with Crippen molar-refractivity contribution < 1.29 is 9.90 Å². The lowest BCUT2D eigenvalue weighted by atomic mass is 9.81. The summed E-state index contributed by atoms with van der Waals surface area (Å²) in [6.07, 6.45) is 0.155. The Morgan fingerprint density at radius 1 is 1.33 bits per heavy atom. The third kappa shape index (κ3) is 2.27. The second-order valence-electron chi connectivity index (χ2n) is 5.45. The maximum Gasteiger partial charge on any atom is 0.304 e. The maximum atomic E-state index is 10.9. The fourth-order valence-corrected chi connectivity index (χ4v) is 3.36. The molecule has 18 heavy (non-hydrogen) atoms. The highest BCUT2D eigenvalue weighted by Gasteiger charge is 2.24. The molecule has 0 radical (unpaired) electrons. The minimum absolute atomic E-state index is 0.155. The number of aryl methyl sites for hydroxylation is 2. The number of carboxylic acid groups (broad SMARTS) is 1. The zero-order valence-electron chi connectivity index (χ0n) is 11.2. The Labute approximate surface area is 111 Å². The zero-order chi connectivity index (χ0) is 13.5. The number of thiophene rings is 1. The zero-order valence-corrected chi connectivity index (χ0v) is 12.0. The number of carbonyl (C=O) groups is 1. The van der Waals surface area contributed by atoms with Gasteiger partial charge in [0, 0.05) is 15.0 Å². The van der Waals surface area contributed by atoms with Gasteiger partial charge in [0.2, 0.25) is 0 Å². The van der Waals surface area contributed by atoms with Crippen LogP contribution in [0, 0.1) is 13.8 Å². The van der Waals surface area contributed by atoms with Gasteiger partial charge in [0.1, 0.15) is 0 Å². The number of rotatable bonds is 3. The van der Waals surface area contributed by atoms with Crippen LogP contribution in [0.15, 0.2) is 18.2 Å². The molecule has 2 rings (SSSR count). The molecule has 1 N–H and O–H groups in total. The quantitative estimate of drug-likeness (QED) is 0.896. The lowest BCUT2D eigenvalue weighted by Gasteiger charge is -2.23. The summed E-state index contributed by atoms with van der Waals surface area (Å²) in [5.74, 6) is -0.751. The summed E-state index contributed by atoms with van der Waals surface area (Å²) in [7, 11) is 0. The van der Waals surface area contributed by atoms with E-state index in [1.165, 1.54) is 20.5 Å². The van der Waals surface area contributed by atoms with E-state index in [4.69, 9.17) is 5.11 Å². The first-order valence-electron chi connectivity index (χ1n) is 6.03. The second-order valence-corrected chi connectivity index (χ2v) is 6.70. The fourth-order valence-electron chi connectivity index (χ4n) is 2.25. The Hall–Kier alpha value is -1.35. The molecular weight excluding hydrogens is 244 g/mol. The average Bonchev–Trinajstić information content (AvgIpc) is 2.52. The lowest BCUT2D eigenvalue weighted by Crippen LogP contribution is -2.21. The maximum absolute atomic E-state index is 10.9. The van der Waals surface area contributed by atoms with Crippen molar-refractivity contribution in [3.63, 3.8) is 0 Å². The van der Waals surface area contributed by atoms with E-state index in [2.05, 4.69) is 32.0 Å². The van der Waals surface area contributed by atoms with Crippen molar-refractivity contribution in [1.82, 2.24) is 0 Å². The monoisotopic (exact) mass is 262 g/mol. The molecule has 3 heteroatoms. The number of carboxylic acids is 1. The SMILES string of the molecule is Cc1sc2cc(C(C)(C)CC(=O)O)ccc2c1C. The predicted octanol–water partition coefficient (Wildman–Crippen LogP) is 4.27. The van der Waals surface area contributed by atoms with E-state index >= 15 is 0 Å². The van der Waals surface area contributed by atoms with Crippen LogP contribution in [-0.4, -0.2) is 11.1 Å². The molecule has 1 aromatic heterocycles. The molecule has 0 fully saturated rings. The minimum Gasteiger partial charge on any atom is -0.481 e. The van der Waals surface area contributed by atoms with E-state index in [0.717, 1.165) is 5.56 Å². The van der Waals surface area contributed by atoms with Gasteiger partial charge in [0.25, 0.3) is 0 Å². The third-order valence-corrected chi connectivity index (χ3v) is 4.72. The van der Waals surface area contributed by atoms with Gasteiger partial charge in [-0.05, 0) is 36.4 Å².